The molecule has 0 aliphatic carbocycles. The molecule has 1 aromatic rings. The van der Waals surface area contributed by atoms with Crippen molar-refractivity contribution in [3.8, 4) is 0 Å². The maximum atomic E-state index is 12.9. The van der Waals surface area contributed by atoms with Crippen molar-refractivity contribution in [1.82, 2.24) is 5.43 Å². The van der Waals surface area contributed by atoms with Crippen LogP contribution >= 0.6 is 11.6 Å². The maximum absolute atomic E-state index is 12.9. The Kier molecular flexibility index (Phi) is 4.89. The predicted molar refractivity (Wildman–Crippen MR) is 67.3 cm³/mol. The summed E-state index contributed by atoms with van der Waals surface area (Å²) in [5, 5.41) is 0.400. The second-order valence-electron chi connectivity index (χ2n) is 4.47. The number of methoxy groups -OCH3 is 1. The van der Waals surface area contributed by atoms with Gasteiger partial charge in [0.05, 0.1) is 11.6 Å². The zero-order chi connectivity index (χ0) is 13.1. The van der Waals surface area contributed by atoms with Gasteiger partial charge in [0.25, 0.3) is 0 Å². The highest BCUT2D eigenvalue weighted by Gasteiger charge is 2.29. The number of hydrogen-bond donors (Lipinski definition) is 2. The molecular formula is C12H18ClFN2O. The third-order valence-corrected chi connectivity index (χ3v) is 3.36. The van der Waals surface area contributed by atoms with Gasteiger partial charge in [-0.25, -0.2) is 4.39 Å². The number of benzene rings is 1. The van der Waals surface area contributed by atoms with E-state index in [-0.39, 0.29) is 11.9 Å². The summed E-state index contributed by atoms with van der Waals surface area (Å²) < 4.78 is 18.3. The summed E-state index contributed by atoms with van der Waals surface area (Å²) in [5.41, 5.74) is 3.10. The van der Waals surface area contributed by atoms with E-state index >= 15 is 0 Å². The van der Waals surface area contributed by atoms with Crippen LogP contribution in [0.25, 0.3) is 0 Å². The molecule has 0 spiro atoms. The lowest BCUT2D eigenvalue weighted by atomic mass is 9.92. The number of halogens is 2. The molecule has 17 heavy (non-hydrogen) atoms. The highest BCUT2D eigenvalue weighted by atomic mass is 35.5. The van der Waals surface area contributed by atoms with Gasteiger partial charge in [-0.3, -0.25) is 11.3 Å². The largest absolute Gasteiger partial charge is 0.377 e. The van der Waals surface area contributed by atoms with Crippen molar-refractivity contribution in [2.24, 2.45) is 5.84 Å². The first-order valence-corrected chi connectivity index (χ1v) is 5.73. The molecule has 0 aliphatic rings. The van der Waals surface area contributed by atoms with Crippen molar-refractivity contribution < 1.29 is 9.13 Å². The SMILES string of the molecule is COC(C)(C)C(Cc1ccc(F)cc1Cl)NN. The van der Waals surface area contributed by atoms with Crippen LogP contribution in [0.3, 0.4) is 0 Å². The van der Waals surface area contributed by atoms with E-state index < -0.39 is 5.60 Å². The molecule has 3 N–H and O–H groups in total. The molecule has 0 saturated carbocycles. The second kappa shape index (κ2) is 5.78. The van der Waals surface area contributed by atoms with Gasteiger partial charge in [0.2, 0.25) is 0 Å². The zero-order valence-corrected chi connectivity index (χ0v) is 11.0. The maximum Gasteiger partial charge on any atom is 0.124 e. The molecule has 3 nitrogen and oxygen atoms in total. The number of hydrogen-bond acceptors (Lipinski definition) is 3. The number of nitrogens with one attached hydrogen (secondary N) is 1. The summed E-state index contributed by atoms with van der Waals surface area (Å²) in [5.74, 6) is 5.17. The van der Waals surface area contributed by atoms with Crippen LogP contribution in [0.4, 0.5) is 4.39 Å². The summed E-state index contributed by atoms with van der Waals surface area (Å²) in [6.45, 7) is 3.85. The summed E-state index contributed by atoms with van der Waals surface area (Å²) in [6, 6.07) is 4.22. The van der Waals surface area contributed by atoms with Crippen LogP contribution in [-0.2, 0) is 11.2 Å². The first kappa shape index (κ1) is 14.4. The lowest BCUT2D eigenvalue weighted by Crippen LogP contribution is -2.52. The van der Waals surface area contributed by atoms with Crippen molar-refractivity contribution in [3.05, 3.63) is 34.6 Å². The molecule has 0 bridgehead atoms. The molecule has 0 saturated heterocycles. The van der Waals surface area contributed by atoms with Crippen LogP contribution in [0.5, 0.6) is 0 Å². The Morgan fingerprint density at radius 1 is 1.53 bits per heavy atom. The fourth-order valence-corrected chi connectivity index (χ4v) is 1.80. The molecular weight excluding hydrogens is 243 g/mol. The van der Waals surface area contributed by atoms with Gasteiger partial charge in [0.15, 0.2) is 0 Å². The summed E-state index contributed by atoms with van der Waals surface area (Å²) in [6.07, 6.45) is 0.566. The van der Waals surface area contributed by atoms with Gasteiger partial charge in [0.1, 0.15) is 5.82 Å². The van der Waals surface area contributed by atoms with E-state index in [1.165, 1.54) is 12.1 Å². The second-order valence-corrected chi connectivity index (χ2v) is 4.87. The Morgan fingerprint density at radius 3 is 2.65 bits per heavy atom. The van der Waals surface area contributed by atoms with Crippen LogP contribution in [0, 0.1) is 5.82 Å². The van der Waals surface area contributed by atoms with Crippen molar-refractivity contribution in [1.29, 1.82) is 0 Å². The first-order chi connectivity index (χ1) is 7.90. The molecule has 0 aliphatic heterocycles. The van der Waals surface area contributed by atoms with Crippen molar-refractivity contribution in [2.45, 2.75) is 31.9 Å². The Balaban J connectivity index is 2.88. The molecule has 0 radical (unpaired) electrons. The normalized spacial score (nSPS) is 13.8. The van der Waals surface area contributed by atoms with E-state index in [1.807, 2.05) is 13.8 Å². The molecule has 1 atom stereocenters. The van der Waals surface area contributed by atoms with E-state index in [0.717, 1.165) is 5.56 Å². The van der Waals surface area contributed by atoms with Gasteiger partial charge in [0, 0.05) is 12.1 Å². The van der Waals surface area contributed by atoms with Gasteiger partial charge in [-0.2, -0.15) is 0 Å². The molecule has 0 heterocycles. The van der Waals surface area contributed by atoms with E-state index in [0.29, 0.717) is 11.4 Å². The van der Waals surface area contributed by atoms with Crippen molar-refractivity contribution in [2.75, 3.05) is 7.11 Å². The topological polar surface area (TPSA) is 47.3 Å². The van der Waals surface area contributed by atoms with Crippen LogP contribution in [0.2, 0.25) is 5.02 Å². The van der Waals surface area contributed by atoms with Gasteiger partial charge in [-0.05, 0) is 38.0 Å². The Labute approximate surface area is 106 Å². The summed E-state index contributed by atoms with van der Waals surface area (Å²) in [4.78, 5) is 0. The minimum atomic E-state index is -0.438. The third-order valence-electron chi connectivity index (χ3n) is 3.01. The molecule has 1 aromatic carbocycles. The van der Waals surface area contributed by atoms with Gasteiger partial charge in [-0.1, -0.05) is 17.7 Å². The van der Waals surface area contributed by atoms with Crippen LogP contribution in [0.15, 0.2) is 18.2 Å². The Bertz CT molecular complexity index is 385. The minimum Gasteiger partial charge on any atom is -0.377 e. The average molecular weight is 261 g/mol. The number of nitrogens with two attached hydrogens (primary N) is 1. The summed E-state index contributed by atoms with van der Waals surface area (Å²) >= 11 is 5.97. The minimum absolute atomic E-state index is 0.115. The smallest absolute Gasteiger partial charge is 0.124 e. The number of hydrazine groups is 1. The number of rotatable bonds is 5. The first-order valence-electron chi connectivity index (χ1n) is 5.36. The van der Waals surface area contributed by atoms with E-state index in [2.05, 4.69) is 5.43 Å². The quantitative estimate of drug-likeness (QED) is 0.631. The van der Waals surface area contributed by atoms with Gasteiger partial charge in [-0.15, -0.1) is 0 Å². The van der Waals surface area contributed by atoms with Gasteiger partial charge >= 0.3 is 0 Å². The highest BCUT2D eigenvalue weighted by molar-refractivity contribution is 6.31. The van der Waals surface area contributed by atoms with Crippen LogP contribution < -0.4 is 11.3 Å². The van der Waals surface area contributed by atoms with E-state index in [4.69, 9.17) is 22.2 Å². The van der Waals surface area contributed by atoms with Crippen molar-refractivity contribution in [3.63, 3.8) is 0 Å². The fourth-order valence-electron chi connectivity index (χ4n) is 1.55. The van der Waals surface area contributed by atoms with Crippen LogP contribution in [0.1, 0.15) is 19.4 Å². The van der Waals surface area contributed by atoms with E-state index in [1.54, 1.807) is 13.2 Å². The van der Waals surface area contributed by atoms with Gasteiger partial charge < -0.3 is 4.74 Å². The molecule has 0 amide bonds. The fraction of sp³-hybridized carbons (Fsp3) is 0.500. The average Bonchev–Trinajstić information content (AvgIpc) is 2.27. The van der Waals surface area contributed by atoms with Crippen molar-refractivity contribution >= 4 is 11.6 Å². The molecule has 0 fully saturated rings. The lowest BCUT2D eigenvalue weighted by Gasteiger charge is -2.32. The van der Waals surface area contributed by atoms with Crippen LogP contribution in [-0.4, -0.2) is 18.8 Å². The lowest BCUT2D eigenvalue weighted by molar-refractivity contribution is -0.0101. The summed E-state index contributed by atoms with van der Waals surface area (Å²) in [7, 11) is 1.62. The Morgan fingerprint density at radius 2 is 2.18 bits per heavy atom. The molecule has 1 rings (SSSR count). The standard InChI is InChI=1S/C12H18ClFN2O/c1-12(2,17-3)11(16-15)6-8-4-5-9(14)7-10(8)13/h4-5,7,11,16H,6,15H2,1-3H3. The monoisotopic (exact) mass is 260 g/mol. The Hall–Kier alpha value is -0.680. The van der Waals surface area contributed by atoms with E-state index in [9.17, 15) is 4.39 Å². The zero-order valence-electron chi connectivity index (χ0n) is 10.3. The molecule has 1 unspecified atom stereocenters. The molecule has 5 heteroatoms. The highest BCUT2D eigenvalue weighted by Crippen LogP contribution is 2.23. The number of ether oxygens (including phenoxy) is 1. The molecule has 0 aromatic heterocycles. The predicted octanol–water partition coefficient (Wildman–Crippen LogP) is 2.28. The third kappa shape index (κ3) is 3.64. The molecule has 96 valence electrons.